The highest BCUT2D eigenvalue weighted by Gasteiger charge is 2.24. The first-order valence-electron chi connectivity index (χ1n) is 12.2. The van der Waals surface area contributed by atoms with Gasteiger partial charge in [-0.25, -0.2) is 4.68 Å². The molecule has 1 N–H and O–H groups in total. The number of pyridine rings is 1. The number of ether oxygens (including phenoxy) is 1. The Morgan fingerprint density at radius 1 is 1.08 bits per heavy atom. The van der Waals surface area contributed by atoms with E-state index < -0.39 is 6.04 Å². The van der Waals surface area contributed by atoms with Gasteiger partial charge in [-0.1, -0.05) is 41.8 Å². The molecule has 0 saturated heterocycles. The fourth-order valence-electron chi connectivity index (χ4n) is 4.55. The zero-order valence-electron chi connectivity index (χ0n) is 21.4. The molecule has 0 unspecified atom stereocenters. The number of aromatic nitrogens is 6. The third-order valence-electron chi connectivity index (χ3n) is 6.31. The van der Waals surface area contributed by atoms with Crippen molar-refractivity contribution in [2.24, 2.45) is 7.05 Å². The summed E-state index contributed by atoms with van der Waals surface area (Å²) in [6.07, 6.45) is 6.11. The van der Waals surface area contributed by atoms with E-state index in [0.29, 0.717) is 46.1 Å². The molecule has 0 bridgehead atoms. The van der Waals surface area contributed by atoms with Crippen LogP contribution in [0, 0.1) is 0 Å². The van der Waals surface area contributed by atoms with E-state index in [1.807, 2.05) is 32.3 Å². The number of amides is 1. The number of halogens is 2. The lowest BCUT2D eigenvalue weighted by molar-refractivity contribution is -0.119. The predicted molar refractivity (Wildman–Crippen MR) is 151 cm³/mol. The number of anilines is 1. The fourth-order valence-corrected chi connectivity index (χ4v) is 4.85. The van der Waals surface area contributed by atoms with Gasteiger partial charge in [0.25, 0.3) is 5.56 Å². The number of carbonyl (C=O) groups excluding carboxylic acids is 1. The van der Waals surface area contributed by atoms with Crippen molar-refractivity contribution in [3.63, 3.8) is 0 Å². The SMILES string of the molecule is CCC[C@@H](C(=O)Nc1ccc2nn(C)cc2c1)n1cc(OC)c(-c2cc(Cl)ccc2-n2cc(Cl)nn2)cc1=O. The highest BCUT2D eigenvalue weighted by atomic mass is 35.5. The molecule has 12 heteroatoms. The van der Waals surface area contributed by atoms with Crippen LogP contribution in [-0.4, -0.2) is 42.4 Å². The monoisotopic (exact) mass is 565 g/mol. The third-order valence-corrected chi connectivity index (χ3v) is 6.72. The molecule has 0 aliphatic carbocycles. The molecule has 200 valence electrons. The minimum absolute atomic E-state index is 0.217. The zero-order chi connectivity index (χ0) is 27.7. The number of methoxy groups -OCH3 is 1. The number of hydrogen-bond donors (Lipinski definition) is 1. The molecule has 1 atom stereocenters. The largest absolute Gasteiger partial charge is 0.495 e. The summed E-state index contributed by atoms with van der Waals surface area (Å²) in [6, 6.07) is 11.3. The molecule has 1 amide bonds. The van der Waals surface area contributed by atoms with Gasteiger partial charge in [0.05, 0.1) is 30.7 Å². The Kier molecular flexibility index (Phi) is 7.40. The Bertz CT molecular complexity index is 1740. The van der Waals surface area contributed by atoms with E-state index in [4.69, 9.17) is 27.9 Å². The summed E-state index contributed by atoms with van der Waals surface area (Å²) in [7, 11) is 3.34. The van der Waals surface area contributed by atoms with E-state index >= 15 is 0 Å². The number of nitrogens with zero attached hydrogens (tertiary/aromatic N) is 6. The van der Waals surface area contributed by atoms with Crippen LogP contribution in [0.15, 0.2) is 65.8 Å². The summed E-state index contributed by atoms with van der Waals surface area (Å²) in [5.74, 6) is 0.0766. The number of benzene rings is 2. The van der Waals surface area contributed by atoms with Gasteiger partial charge in [-0.2, -0.15) is 5.10 Å². The van der Waals surface area contributed by atoms with Crippen molar-refractivity contribution in [3.8, 4) is 22.6 Å². The second-order valence-electron chi connectivity index (χ2n) is 9.02. The normalized spacial score (nSPS) is 12.0. The second kappa shape index (κ2) is 10.9. The molecule has 0 radical (unpaired) electrons. The van der Waals surface area contributed by atoms with Crippen LogP contribution in [-0.2, 0) is 11.8 Å². The van der Waals surface area contributed by atoms with Crippen LogP contribution < -0.4 is 15.6 Å². The van der Waals surface area contributed by atoms with Crippen LogP contribution in [0.4, 0.5) is 5.69 Å². The Morgan fingerprint density at radius 3 is 2.62 bits per heavy atom. The first-order valence-corrected chi connectivity index (χ1v) is 13.0. The summed E-state index contributed by atoms with van der Waals surface area (Å²) < 4.78 is 10.3. The summed E-state index contributed by atoms with van der Waals surface area (Å²) in [5.41, 5.74) is 2.75. The number of fused-ring (bicyclic) bond motifs is 1. The molecule has 0 aliphatic rings. The zero-order valence-corrected chi connectivity index (χ0v) is 22.9. The quantitative estimate of drug-likeness (QED) is 0.274. The van der Waals surface area contributed by atoms with Crippen LogP contribution in [0.2, 0.25) is 10.2 Å². The van der Waals surface area contributed by atoms with E-state index in [2.05, 4.69) is 20.7 Å². The minimum atomic E-state index is -0.761. The van der Waals surface area contributed by atoms with Gasteiger partial charge in [-0.3, -0.25) is 18.8 Å². The topological polar surface area (TPSA) is 109 Å². The van der Waals surface area contributed by atoms with Gasteiger partial charge >= 0.3 is 0 Å². The molecule has 2 aromatic carbocycles. The number of hydrogen-bond acceptors (Lipinski definition) is 6. The molecule has 0 spiro atoms. The Balaban J connectivity index is 1.54. The molecule has 0 fully saturated rings. The minimum Gasteiger partial charge on any atom is -0.495 e. The Morgan fingerprint density at radius 2 is 1.90 bits per heavy atom. The van der Waals surface area contributed by atoms with Crippen LogP contribution in [0.1, 0.15) is 25.8 Å². The first-order chi connectivity index (χ1) is 18.8. The molecule has 3 heterocycles. The first kappa shape index (κ1) is 26.5. The molecule has 10 nitrogen and oxygen atoms in total. The Labute approximate surface area is 233 Å². The van der Waals surface area contributed by atoms with Crippen LogP contribution in [0.25, 0.3) is 27.7 Å². The van der Waals surface area contributed by atoms with E-state index in [1.165, 1.54) is 22.4 Å². The van der Waals surface area contributed by atoms with Crippen molar-refractivity contribution in [3.05, 3.63) is 81.6 Å². The molecule has 5 aromatic rings. The van der Waals surface area contributed by atoms with Gasteiger partial charge < -0.3 is 10.1 Å². The standard InChI is InChI=1S/C27H25Cl2N7O3/c1-4-5-23(27(38)30-18-7-8-21-16(10-18)13-34(2)32-21)35-14-24(39-3)20(12-26(35)37)19-11-17(28)6-9-22(19)36-15-25(29)31-33-36/h6-15,23H,4-5H2,1-3H3,(H,30,38)/t23-/m0/s1. The molecule has 0 aliphatic heterocycles. The predicted octanol–water partition coefficient (Wildman–Crippen LogP) is 5.28. The van der Waals surface area contributed by atoms with Crippen molar-refractivity contribution in [2.75, 3.05) is 12.4 Å². The van der Waals surface area contributed by atoms with Crippen LogP contribution in [0.3, 0.4) is 0 Å². The maximum atomic E-state index is 13.5. The van der Waals surface area contributed by atoms with E-state index in [-0.39, 0.29) is 16.6 Å². The van der Waals surface area contributed by atoms with Gasteiger partial charge in [0.15, 0.2) is 5.15 Å². The second-order valence-corrected chi connectivity index (χ2v) is 9.84. The highest BCUT2D eigenvalue weighted by molar-refractivity contribution is 6.31. The molecule has 0 saturated carbocycles. The molecular formula is C27H25Cl2N7O3. The maximum Gasteiger partial charge on any atom is 0.252 e. The van der Waals surface area contributed by atoms with Crippen LogP contribution in [0.5, 0.6) is 5.75 Å². The number of carbonyl (C=O) groups is 1. The van der Waals surface area contributed by atoms with Crippen molar-refractivity contribution in [1.29, 1.82) is 0 Å². The lowest BCUT2D eigenvalue weighted by atomic mass is 10.0. The smallest absolute Gasteiger partial charge is 0.252 e. The average Bonchev–Trinajstić information content (AvgIpc) is 3.51. The summed E-state index contributed by atoms with van der Waals surface area (Å²) >= 11 is 12.3. The van der Waals surface area contributed by atoms with Crippen molar-refractivity contribution in [2.45, 2.75) is 25.8 Å². The molecule has 39 heavy (non-hydrogen) atoms. The summed E-state index contributed by atoms with van der Waals surface area (Å²) in [6.45, 7) is 1.96. The number of rotatable bonds is 8. The van der Waals surface area contributed by atoms with Gasteiger partial charge in [0.2, 0.25) is 5.91 Å². The highest BCUT2D eigenvalue weighted by Crippen LogP contribution is 2.35. The van der Waals surface area contributed by atoms with Crippen molar-refractivity contribution in [1.82, 2.24) is 29.3 Å². The van der Waals surface area contributed by atoms with E-state index in [0.717, 1.165) is 10.9 Å². The van der Waals surface area contributed by atoms with Gasteiger partial charge in [-0.15, -0.1) is 5.10 Å². The molecule has 5 rings (SSSR count). The third kappa shape index (κ3) is 5.39. The van der Waals surface area contributed by atoms with Gasteiger partial charge in [-0.05, 0) is 42.8 Å². The van der Waals surface area contributed by atoms with Gasteiger partial charge in [0, 0.05) is 46.5 Å². The summed E-state index contributed by atoms with van der Waals surface area (Å²) in [4.78, 5) is 27.0. The van der Waals surface area contributed by atoms with E-state index in [9.17, 15) is 9.59 Å². The van der Waals surface area contributed by atoms with Gasteiger partial charge in [0.1, 0.15) is 11.8 Å². The maximum absolute atomic E-state index is 13.5. The van der Waals surface area contributed by atoms with Crippen molar-refractivity contribution >= 4 is 45.7 Å². The molecule has 3 aromatic heterocycles. The van der Waals surface area contributed by atoms with Crippen molar-refractivity contribution < 1.29 is 9.53 Å². The number of aryl methyl sites for hydroxylation is 1. The Hall–Kier alpha value is -4.15. The number of nitrogens with one attached hydrogen (secondary N) is 1. The average molecular weight is 566 g/mol. The van der Waals surface area contributed by atoms with Crippen LogP contribution >= 0.6 is 23.2 Å². The fraction of sp³-hybridized carbons (Fsp3) is 0.222. The molecular weight excluding hydrogens is 541 g/mol. The lowest BCUT2D eigenvalue weighted by Crippen LogP contribution is -2.33. The summed E-state index contributed by atoms with van der Waals surface area (Å²) in [5, 5.41) is 16.8. The lowest BCUT2D eigenvalue weighted by Gasteiger charge is -2.21. The van der Waals surface area contributed by atoms with E-state index in [1.54, 1.807) is 41.3 Å².